The van der Waals surface area contributed by atoms with Crippen LogP contribution in [0.4, 0.5) is 0 Å². The van der Waals surface area contributed by atoms with Gasteiger partial charge in [-0.3, -0.25) is 4.79 Å². The van der Waals surface area contributed by atoms with Crippen molar-refractivity contribution in [2.75, 3.05) is 0 Å². The van der Waals surface area contributed by atoms with Gasteiger partial charge in [-0.1, -0.05) is 19.9 Å². The van der Waals surface area contributed by atoms with Crippen molar-refractivity contribution in [3.63, 3.8) is 0 Å². The fourth-order valence-electron chi connectivity index (χ4n) is 2.53. The van der Waals surface area contributed by atoms with Gasteiger partial charge in [-0.25, -0.2) is 0 Å². The highest BCUT2D eigenvalue weighted by Gasteiger charge is 2.33. The lowest BCUT2D eigenvalue weighted by Crippen LogP contribution is -2.44. The molecular formula is C14H21NO2S. The summed E-state index contributed by atoms with van der Waals surface area (Å²) >= 11 is 1.63. The molecule has 0 aliphatic heterocycles. The summed E-state index contributed by atoms with van der Waals surface area (Å²) in [6, 6.07) is 4.46. The van der Waals surface area contributed by atoms with Gasteiger partial charge in [-0.05, 0) is 36.1 Å². The summed E-state index contributed by atoms with van der Waals surface area (Å²) in [5.41, 5.74) is 0. The van der Waals surface area contributed by atoms with Gasteiger partial charge >= 0.3 is 5.97 Å². The molecular weight excluding hydrogens is 246 g/mol. The molecule has 1 aromatic rings. The van der Waals surface area contributed by atoms with Crippen molar-refractivity contribution in [1.29, 1.82) is 0 Å². The molecule has 0 radical (unpaired) electrons. The average molecular weight is 267 g/mol. The van der Waals surface area contributed by atoms with Crippen LogP contribution < -0.4 is 5.32 Å². The van der Waals surface area contributed by atoms with Gasteiger partial charge in [0.05, 0.1) is 12.5 Å². The standard InChI is InChI=1S/C14H21NO2S/c1-9(2)10-6-11(7-10)15-12(8-14(16)17)13-4-3-5-18-13/h3-5,9-12,15H,6-8H2,1-2H3,(H,16,17). The quantitative estimate of drug-likeness (QED) is 0.831. The second-order valence-corrected chi connectivity index (χ2v) is 6.48. The van der Waals surface area contributed by atoms with Crippen LogP contribution in [0.15, 0.2) is 17.5 Å². The van der Waals surface area contributed by atoms with Gasteiger partial charge in [-0.15, -0.1) is 11.3 Å². The molecule has 1 heterocycles. The molecule has 1 aliphatic carbocycles. The Bertz CT molecular complexity index is 383. The first kappa shape index (κ1) is 13.6. The topological polar surface area (TPSA) is 49.3 Å². The fourth-order valence-corrected chi connectivity index (χ4v) is 3.32. The molecule has 18 heavy (non-hydrogen) atoms. The molecule has 2 rings (SSSR count). The third kappa shape index (κ3) is 3.33. The van der Waals surface area contributed by atoms with Crippen molar-refractivity contribution in [2.45, 2.75) is 45.2 Å². The minimum Gasteiger partial charge on any atom is -0.481 e. The number of carbonyl (C=O) groups is 1. The summed E-state index contributed by atoms with van der Waals surface area (Å²) in [6.45, 7) is 4.52. The van der Waals surface area contributed by atoms with E-state index in [4.69, 9.17) is 5.11 Å². The molecule has 1 unspecified atom stereocenters. The first-order valence-electron chi connectivity index (χ1n) is 6.57. The second kappa shape index (κ2) is 5.85. The average Bonchev–Trinajstić information content (AvgIpc) is 2.72. The summed E-state index contributed by atoms with van der Waals surface area (Å²) in [7, 11) is 0. The summed E-state index contributed by atoms with van der Waals surface area (Å²) in [4.78, 5) is 12.1. The minimum absolute atomic E-state index is 0.0272. The zero-order chi connectivity index (χ0) is 13.1. The highest BCUT2D eigenvalue weighted by atomic mass is 32.1. The van der Waals surface area contributed by atoms with Gasteiger partial charge < -0.3 is 10.4 Å². The smallest absolute Gasteiger partial charge is 0.305 e. The van der Waals surface area contributed by atoms with Crippen molar-refractivity contribution < 1.29 is 9.90 Å². The molecule has 4 heteroatoms. The number of hydrogen-bond donors (Lipinski definition) is 2. The molecule has 100 valence electrons. The zero-order valence-corrected chi connectivity index (χ0v) is 11.7. The predicted octanol–water partition coefficient (Wildman–Crippen LogP) is 3.29. The second-order valence-electron chi connectivity index (χ2n) is 5.50. The molecule has 0 saturated heterocycles. The Morgan fingerprint density at radius 3 is 2.78 bits per heavy atom. The molecule has 2 N–H and O–H groups in total. The summed E-state index contributed by atoms with van der Waals surface area (Å²) in [6.07, 6.45) is 2.53. The third-order valence-electron chi connectivity index (χ3n) is 3.82. The van der Waals surface area contributed by atoms with Gasteiger partial charge in [0.15, 0.2) is 0 Å². The molecule has 0 aromatic carbocycles. The minimum atomic E-state index is -0.736. The van der Waals surface area contributed by atoms with Crippen molar-refractivity contribution in [3.8, 4) is 0 Å². The van der Waals surface area contributed by atoms with E-state index >= 15 is 0 Å². The first-order chi connectivity index (χ1) is 8.56. The normalized spacial score (nSPS) is 24.8. The Kier molecular flexibility index (Phi) is 4.40. The molecule has 1 atom stereocenters. The van der Waals surface area contributed by atoms with Gasteiger partial charge in [0.2, 0.25) is 0 Å². The van der Waals surface area contributed by atoms with Crippen molar-refractivity contribution >= 4 is 17.3 Å². The zero-order valence-electron chi connectivity index (χ0n) is 10.9. The number of carboxylic acids is 1. The summed E-state index contributed by atoms with van der Waals surface area (Å²) in [5.74, 6) is 0.805. The maximum Gasteiger partial charge on any atom is 0.305 e. The van der Waals surface area contributed by atoms with Crippen LogP contribution in [0.3, 0.4) is 0 Å². The Balaban J connectivity index is 1.89. The van der Waals surface area contributed by atoms with Crippen LogP contribution in [0.1, 0.15) is 44.0 Å². The summed E-state index contributed by atoms with van der Waals surface area (Å²) < 4.78 is 0. The monoisotopic (exact) mass is 267 g/mol. The highest BCUT2D eigenvalue weighted by Crippen LogP contribution is 2.35. The van der Waals surface area contributed by atoms with E-state index in [1.807, 2.05) is 17.5 Å². The summed E-state index contributed by atoms with van der Waals surface area (Å²) in [5, 5.41) is 14.5. The van der Waals surface area contributed by atoms with Crippen molar-refractivity contribution in [2.24, 2.45) is 11.8 Å². The van der Waals surface area contributed by atoms with E-state index in [0.717, 1.165) is 16.7 Å². The van der Waals surface area contributed by atoms with Gasteiger partial charge in [0, 0.05) is 10.9 Å². The Hall–Kier alpha value is -0.870. The van der Waals surface area contributed by atoms with E-state index in [1.165, 1.54) is 12.8 Å². The maximum atomic E-state index is 10.9. The van der Waals surface area contributed by atoms with E-state index in [9.17, 15) is 4.79 Å². The van der Waals surface area contributed by atoms with Crippen LogP contribution in [-0.4, -0.2) is 17.1 Å². The molecule has 1 saturated carbocycles. The molecule has 3 nitrogen and oxygen atoms in total. The van der Waals surface area contributed by atoms with Gasteiger partial charge in [0.1, 0.15) is 0 Å². The van der Waals surface area contributed by atoms with Gasteiger partial charge in [-0.2, -0.15) is 0 Å². The van der Waals surface area contributed by atoms with Crippen LogP contribution in [0.25, 0.3) is 0 Å². The predicted molar refractivity (Wildman–Crippen MR) is 73.8 cm³/mol. The van der Waals surface area contributed by atoms with Crippen LogP contribution in [0.5, 0.6) is 0 Å². The molecule has 0 amide bonds. The van der Waals surface area contributed by atoms with E-state index < -0.39 is 5.97 Å². The number of carboxylic acid groups (broad SMARTS) is 1. The number of aliphatic carboxylic acids is 1. The lowest BCUT2D eigenvalue weighted by Gasteiger charge is -2.40. The first-order valence-corrected chi connectivity index (χ1v) is 7.45. The third-order valence-corrected chi connectivity index (χ3v) is 4.81. The van der Waals surface area contributed by atoms with Crippen molar-refractivity contribution in [1.82, 2.24) is 5.32 Å². The lowest BCUT2D eigenvalue weighted by atomic mass is 9.73. The Morgan fingerprint density at radius 2 is 2.28 bits per heavy atom. The SMILES string of the molecule is CC(C)C1CC(NC(CC(=O)O)c2cccs2)C1. The van der Waals surface area contributed by atoms with E-state index in [1.54, 1.807) is 11.3 Å². The maximum absolute atomic E-state index is 10.9. The molecule has 1 aromatic heterocycles. The van der Waals surface area contributed by atoms with E-state index in [2.05, 4.69) is 19.2 Å². The molecule has 1 fully saturated rings. The Labute approximate surface area is 112 Å². The molecule has 0 spiro atoms. The molecule has 0 bridgehead atoms. The van der Waals surface area contributed by atoms with Crippen LogP contribution in [-0.2, 0) is 4.79 Å². The Morgan fingerprint density at radius 1 is 1.56 bits per heavy atom. The van der Waals surface area contributed by atoms with Crippen LogP contribution >= 0.6 is 11.3 Å². The highest BCUT2D eigenvalue weighted by molar-refractivity contribution is 7.10. The lowest BCUT2D eigenvalue weighted by molar-refractivity contribution is -0.137. The largest absolute Gasteiger partial charge is 0.481 e. The number of rotatable bonds is 6. The van der Waals surface area contributed by atoms with E-state index in [-0.39, 0.29) is 12.5 Å². The fraction of sp³-hybridized carbons (Fsp3) is 0.643. The number of thiophene rings is 1. The van der Waals surface area contributed by atoms with Crippen molar-refractivity contribution in [3.05, 3.63) is 22.4 Å². The van der Waals surface area contributed by atoms with Crippen LogP contribution in [0, 0.1) is 11.8 Å². The molecule has 1 aliphatic rings. The van der Waals surface area contributed by atoms with Gasteiger partial charge in [0.25, 0.3) is 0 Å². The number of hydrogen-bond acceptors (Lipinski definition) is 3. The number of nitrogens with one attached hydrogen (secondary N) is 1. The van der Waals surface area contributed by atoms with Crippen LogP contribution in [0.2, 0.25) is 0 Å². The van der Waals surface area contributed by atoms with E-state index in [0.29, 0.717) is 6.04 Å².